The van der Waals surface area contributed by atoms with E-state index in [1.807, 2.05) is 13.8 Å². The second kappa shape index (κ2) is 4.79. The van der Waals surface area contributed by atoms with E-state index in [0.717, 1.165) is 12.8 Å². The van der Waals surface area contributed by atoms with E-state index in [-0.39, 0.29) is 5.92 Å². The fraction of sp³-hybridized carbons (Fsp3) is 0.800. The molecule has 0 aromatic carbocycles. The number of aliphatic carboxylic acids is 1. The molecule has 1 aliphatic rings. The summed E-state index contributed by atoms with van der Waals surface area (Å²) in [6.45, 7) is 4.13. The molecule has 1 heterocycles. The minimum absolute atomic E-state index is 0.0257. The number of rotatable bonds is 6. The summed E-state index contributed by atoms with van der Waals surface area (Å²) in [5.41, 5.74) is 0. The van der Waals surface area contributed by atoms with Crippen molar-refractivity contribution in [2.24, 2.45) is 5.92 Å². The van der Waals surface area contributed by atoms with Gasteiger partial charge in [0, 0.05) is 0 Å². The third kappa shape index (κ3) is 2.79. The minimum atomic E-state index is -0.842. The van der Waals surface area contributed by atoms with Crippen LogP contribution in [-0.2, 0) is 11.3 Å². The molecule has 1 aliphatic carbocycles. The molecule has 2 N–H and O–H groups in total. The smallest absolute Gasteiger partial charge is 0.320 e. The molecule has 17 heavy (non-hydrogen) atoms. The average Bonchev–Trinajstić information content (AvgIpc) is 2.98. The van der Waals surface area contributed by atoms with Crippen LogP contribution in [0.1, 0.15) is 38.6 Å². The van der Waals surface area contributed by atoms with Crippen molar-refractivity contribution in [2.75, 3.05) is 0 Å². The maximum absolute atomic E-state index is 11.0. The normalized spacial score (nSPS) is 17.4. The van der Waals surface area contributed by atoms with Gasteiger partial charge in [-0.05, 0) is 29.2 Å². The lowest BCUT2D eigenvalue weighted by Crippen LogP contribution is -2.40. The van der Waals surface area contributed by atoms with Crippen molar-refractivity contribution in [2.45, 2.75) is 45.3 Å². The van der Waals surface area contributed by atoms with E-state index < -0.39 is 12.0 Å². The number of carboxylic acids is 1. The van der Waals surface area contributed by atoms with Crippen LogP contribution in [0.4, 0.5) is 0 Å². The van der Waals surface area contributed by atoms with Crippen LogP contribution in [0.2, 0.25) is 0 Å². The van der Waals surface area contributed by atoms with Gasteiger partial charge in [-0.15, -0.1) is 5.10 Å². The fourth-order valence-electron chi connectivity index (χ4n) is 1.74. The second-order valence-corrected chi connectivity index (χ2v) is 4.71. The summed E-state index contributed by atoms with van der Waals surface area (Å²) in [5, 5.41) is 23.5. The van der Waals surface area contributed by atoms with Crippen LogP contribution < -0.4 is 5.32 Å². The molecule has 0 radical (unpaired) electrons. The number of aromatic nitrogens is 4. The molecular formula is C10H17N5O2. The van der Waals surface area contributed by atoms with Crippen LogP contribution in [0.3, 0.4) is 0 Å². The fourth-order valence-corrected chi connectivity index (χ4v) is 1.74. The number of hydrogen-bond acceptors (Lipinski definition) is 5. The first-order valence-electron chi connectivity index (χ1n) is 5.82. The van der Waals surface area contributed by atoms with Crippen molar-refractivity contribution in [3.8, 4) is 0 Å². The Kier molecular flexibility index (Phi) is 3.37. The number of nitrogens with one attached hydrogen (secondary N) is 1. The Morgan fingerprint density at radius 1 is 1.59 bits per heavy atom. The first kappa shape index (κ1) is 12.0. The van der Waals surface area contributed by atoms with Crippen LogP contribution in [0.25, 0.3) is 0 Å². The lowest BCUT2D eigenvalue weighted by atomic mass is 10.1. The van der Waals surface area contributed by atoms with E-state index in [4.69, 9.17) is 5.11 Å². The number of tetrazole rings is 1. The monoisotopic (exact) mass is 239 g/mol. The van der Waals surface area contributed by atoms with Crippen LogP contribution in [0.15, 0.2) is 0 Å². The number of carbonyl (C=O) groups is 1. The van der Waals surface area contributed by atoms with Gasteiger partial charge in [0.05, 0.1) is 12.6 Å². The zero-order valence-electron chi connectivity index (χ0n) is 10.00. The molecule has 0 aliphatic heterocycles. The van der Waals surface area contributed by atoms with Crippen LogP contribution in [0.5, 0.6) is 0 Å². The van der Waals surface area contributed by atoms with Crippen molar-refractivity contribution < 1.29 is 9.90 Å². The molecule has 0 saturated heterocycles. The van der Waals surface area contributed by atoms with Crippen molar-refractivity contribution in [1.29, 1.82) is 0 Å². The van der Waals surface area contributed by atoms with E-state index in [2.05, 4.69) is 20.8 Å². The molecule has 1 saturated carbocycles. The van der Waals surface area contributed by atoms with E-state index in [1.165, 1.54) is 0 Å². The van der Waals surface area contributed by atoms with Crippen molar-refractivity contribution >= 4 is 5.97 Å². The van der Waals surface area contributed by atoms with Crippen LogP contribution in [-0.4, -0.2) is 37.3 Å². The Morgan fingerprint density at radius 2 is 2.29 bits per heavy atom. The molecule has 7 nitrogen and oxygen atoms in total. The third-order valence-corrected chi connectivity index (χ3v) is 2.87. The Labute approximate surface area is 99.2 Å². The first-order valence-corrected chi connectivity index (χ1v) is 5.82. The van der Waals surface area contributed by atoms with E-state index >= 15 is 0 Å². The summed E-state index contributed by atoms with van der Waals surface area (Å²) >= 11 is 0. The largest absolute Gasteiger partial charge is 0.480 e. The summed E-state index contributed by atoms with van der Waals surface area (Å²) < 4.78 is 1.78. The number of carboxylic acid groups (broad SMARTS) is 1. The summed E-state index contributed by atoms with van der Waals surface area (Å²) in [6.07, 6.45) is 2.20. The zero-order valence-corrected chi connectivity index (χ0v) is 10.00. The van der Waals surface area contributed by atoms with Gasteiger partial charge < -0.3 is 5.11 Å². The quantitative estimate of drug-likeness (QED) is 0.737. The molecule has 1 atom stereocenters. The summed E-state index contributed by atoms with van der Waals surface area (Å²) in [5.74, 6) is -0.109. The highest BCUT2D eigenvalue weighted by Crippen LogP contribution is 2.34. The Balaban J connectivity index is 1.96. The Hall–Kier alpha value is -1.50. The number of hydrogen-bond donors (Lipinski definition) is 2. The maximum Gasteiger partial charge on any atom is 0.320 e. The molecule has 0 spiro atoms. The van der Waals surface area contributed by atoms with Gasteiger partial charge in [0.1, 0.15) is 6.04 Å². The van der Waals surface area contributed by atoms with Gasteiger partial charge in [-0.3, -0.25) is 10.1 Å². The highest BCUT2D eigenvalue weighted by molar-refractivity contribution is 5.73. The summed E-state index contributed by atoms with van der Waals surface area (Å²) in [7, 11) is 0. The SMILES string of the molecule is CC(C)C(NCc1nnnn1C1CC1)C(=O)O. The molecule has 7 heteroatoms. The van der Waals surface area contributed by atoms with Crippen molar-refractivity contribution in [3.63, 3.8) is 0 Å². The van der Waals surface area contributed by atoms with E-state index in [9.17, 15) is 4.79 Å². The Morgan fingerprint density at radius 3 is 2.82 bits per heavy atom. The molecule has 1 unspecified atom stereocenters. The van der Waals surface area contributed by atoms with Gasteiger partial charge in [-0.1, -0.05) is 13.8 Å². The number of nitrogens with zero attached hydrogens (tertiary/aromatic N) is 4. The molecule has 2 rings (SSSR count). The molecule has 0 amide bonds. The highest BCUT2D eigenvalue weighted by atomic mass is 16.4. The van der Waals surface area contributed by atoms with Crippen molar-refractivity contribution in [3.05, 3.63) is 5.82 Å². The van der Waals surface area contributed by atoms with Gasteiger partial charge in [0.2, 0.25) is 0 Å². The lowest BCUT2D eigenvalue weighted by molar-refractivity contribution is -0.140. The van der Waals surface area contributed by atoms with Gasteiger partial charge in [0.25, 0.3) is 0 Å². The van der Waals surface area contributed by atoms with Crippen LogP contribution in [0, 0.1) is 5.92 Å². The summed E-state index contributed by atoms with van der Waals surface area (Å²) in [6, 6.07) is -0.163. The molecular weight excluding hydrogens is 222 g/mol. The Bertz CT molecular complexity index is 399. The van der Waals surface area contributed by atoms with Crippen molar-refractivity contribution in [1.82, 2.24) is 25.5 Å². The standard InChI is InChI=1S/C10H17N5O2/c1-6(2)9(10(16)17)11-5-8-12-13-14-15(8)7-3-4-7/h6-7,9,11H,3-5H2,1-2H3,(H,16,17). The second-order valence-electron chi connectivity index (χ2n) is 4.71. The molecule has 1 aromatic heterocycles. The van der Waals surface area contributed by atoms with Crippen LogP contribution >= 0.6 is 0 Å². The lowest BCUT2D eigenvalue weighted by Gasteiger charge is -2.17. The third-order valence-electron chi connectivity index (χ3n) is 2.87. The summed E-state index contributed by atoms with van der Waals surface area (Å²) in [4.78, 5) is 11.0. The predicted octanol–water partition coefficient (Wildman–Crippen LogP) is 0.207. The van der Waals surface area contributed by atoms with E-state index in [0.29, 0.717) is 18.4 Å². The van der Waals surface area contributed by atoms with Gasteiger partial charge in [-0.25, -0.2) is 4.68 Å². The van der Waals surface area contributed by atoms with Gasteiger partial charge in [-0.2, -0.15) is 0 Å². The first-order chi connectivity index (χ1) is 8.09. The van der Waals surface area contributed by atoms with Gasteiger partial charge >= 0.3 is 5.97 Å². The molecule has 0 bridgehead atoms. The average molecular weight is 239 g/mol. The molecule has 1 fully saturated rings. The van der Waals surface area contributed by atoms with E-state index in [1.54, 1.807) is 4.68 Å². The predicted molar refractivity (Wildman–Crippen MR) is 59.2 cm³/mol. The zero-order chi connectivity index (χ0) is 12.4. The van der Waals surface area contributed by atoms with Gasteiger partial charge in [0.15, 0.2) is 5.82 Å². The molecule has 1 aromatic rings. The maximum atomic E-state index is 11.0. The minimum Gasteiger partial charge on any atom is -0.480 e. The molecule has 94 valence electrons. The topological polar surface area (TPSA) is 92.9 Å². The highest BCUT2D eigenvalue weighted by Gasteiger charge is 2.28.